The van der Waals surface area contributed by atoms with Crippen LogP contribution in [0, 0.1) is 0 Å². The van der Waals surface area contributed by atoms with Gasteiger partial charge in [-0.05, 0) is 30.7 Å². The lowest BCUT2D eigenvalue weighted by atomic mass is 10.0. The molecule has 1 heterocycles. The van der Waals surface area contributed by atoms with Crippen molar-refractivity contribution >= 4 is 11.6 Å². The second kappa shape index (κ2) is 8.14. The molecule has 6 nitrogen and oxygen atoms in total. The van der Waals surface area contributed by atoms with Gasteiger partial charge in [-0.15, -0.1) is 0 Å². The monoisotopic (exact) mass is 316 g/mol. The molecule has 1 amide bonds. The van der Waals surface area contributed by atoms with E-state index in [1.807, 2.05) is 0 Å². The van der Waals surface area contributed by atoms with E-state index < -0.39 is 6.10 Å². The van der Waals surface area contributed by atoms with Crippen molar-refractivity contribution in [2.45, 2.75) is 18.9 Å². The zero-order valence-electron chi connectivity index (χ0n) is 13.2. The summed E-state index contributed by atoms with van der Waals surface area (Å²) in [7, 11) is 3.09. The van der Waals surface area contributed by atoms with Crippen LogP contribution in [0.4, 0.5) is 5.69 Å². The number of ether oxygens (including phenoxy) is 2. The van der Waals surface area contributed by atoms with Crippen LogP contribution in [0.15, 0.2) is 42.7 Å². The highest BCUT2D eigenvalue weighted by Crippen LogP contribution is 2.31. The molecule has 0 spiro atoms. The van der Waals surface area contributed by atoms with Crippen molar-refractivity contribution in [3.63, 3.8) is 0 Å². The number of nitrogens with zero attached hydrogens (tertiary/aromatic N) is 1. The molecule has 1 atom stereocenters. The number of aliphatic hydroxyl groups is 1. The maximum absolute atomic E-state index is 11.9. The van der Waals surface area contributed by atoms with Crippen LogP contribution < -0.4 is 14.8 Å². The van der Waals surface area contributed by atoms with Crippen molar-refractivity contribution in [3.8, 4) is 11.5 Å². The van der Waals surface area contributed by atoms with Gasteiger partial charge in [-0.2, -0.15) is 0 Å². The number of aliphatic hydroxyl groups excluding tert-OH is 1. The minimum absolute atomic E-state index is 0.176. The smallest absolute Gasteiger partial charge is 0.224 e. The zero-order valence-corrected chi connectivity index (χ0v) is 13.2. The first kappa shape index (κ1) is 16.8. The SMILES string of the molecule is COc1ccc(C(O)CCC(=O)Nc2cccnc2)c(OC)c1. The van der Waals surface area contributed by atoms with Crippen molar-refractivity contribution in [1.29, 1.82) is 0 Å². The molecule has 1 unspecified atom stereocenters. The first-order chi connectivity index (χ1) is 11.1. The van der Waals surface area contributed by atoms with Gasteiger partial charge in [-0.1, -0.05) is 0 Å². The van der Waals surface area contributed by atoms with Crippen LogP contribution >= 0.6 is 0 Å². The minimum atomic E-state index is -0.796. The molecule has 1 aromatic heterocycles. The number of amides is 1. The van der Waals surface area contributed by atoms with E-state index >= 15 is 0 Å². The molecule has 6 heteroatoms. The van der Waals surface area contributed by atoms with E-state index in [9.17, 15) is 9.90 Å². The number of pyridine rings is 1. The lowest BCUT2D eigenvalue weighted by Crippen LogP contribution is -2.13. The standard InChI is InChI=1S/C17H20N2O4/c1-22-13-5-6-14(16(10-13)23-2)15(20)7-8-17(21)19-12-4-3-9-18-11-12/h3-6,9-11,15,20H,7-8H2,1-2H3,(H,19,21). The topological polar surface area (TPSA) is 80.7 Å². The fraction of sp³-hybridized carbons (Fsp3) is 0.294. The number of carbonyl (C=O) groups is 1. The number of methoxy groups -OCH3 is 2. The third-order valence-corrected chi connectivity index (χ3v) is 3.39. The predicted octanol–water partition coefficient (Wildman–Crippen LogP) is 2.55. The van der Waals surface area contributed by atoms with Gasteiger partial charge in [0.05, 0.1) is 32.2 Å². The molecule has 0 radical (unpaired) electrons. The van der Waals surface area contributed by atoms with Crippen LogP contribution in [0.25, 0.3) is 0 Å². The largest absolute Gasteiger partial charge is 0.497 e. The summed E-state index contributed by atoms with van der Waals surface area (Å²) in [6, 6.07) is 8.69. The van der Waals surface area contributed by atoms with Gasteiger partial charge >= 0.3 is 0 Å². The molecule has 0 aliphatic carbocycles. The van der Waals surface area contributed by atoms with Crippen LogP contribution in [0.3, 0.4) is 0 Å². The Hall–Kier alpha value is -2.60. The number of hydrogen-bond acceptors (Lipinski definition) is 5. The average Bonchev–Trinajstić information content (AvgIpc) is 2.60. The zero-order chi connectivity index (χ0) is 16.7. The number of benzene rings is 1. The molecule has 2 aromatic rings. The van der Waals surface area contributed by atoms with Crippen molar-refractivity contribution in [3.05, 3.63) is 48.3 Å². The van der Waals surface area contributed by atoms with Crippen molar-refractivity contribution in [1.82, 2.24) is 4.98 Å². The van der Waals surface area contributed by atoms with Gasteiger partial charge in [0.15, 0.2) is 0 Å². The summed E-state index contributed by atoms with van der Waals surface area (Å²) in [4.78, 5) is 15.8. The first-order valence-electron chi connectivity index (χ1n) is 7.24. The second-order valence-corrected chi connectivity index (χ2v) is 4.95. The highest BCUT2D eigenvalue weighted by molar-refractivity contribution is 5.90. The molecule has 0 bridgehead atoms. The molecule has 0 aliphatic rings. The highest BCUT2D eigenvalue weighted by atomic mass is 16.5. The number of anilines is 1. The molecule has 0 fully saturated rings. The number of nitrogens with one attached hydrogen (secondary N) is 1. The van der Waals surface area contributed by atoms with Crippen molar-refractivity contribution in [2.24, 2.45) is 0 Å². The van der Waals surface area contributed by atoms with Gasteiger partial charge in [0.1, 0.15) is 11.5 Å². The third-order valence-electron chi connectivity index (χ3n) is 3.39. The molecule has 0 aliphatic heterocycles. The summed E-state index contributed by atoms with van der Waals surface area (Å²) in [5.74, 6) is 1.00. The number of hydrogen-bond donors (Lipinski definition) is 2. The van der Waals surface area contributed by atoms with E-state index in [2.05, 4.69) is 10.3 Å². The molecule has 2 N–H and O–H groups in total. The summed E-state index contributed by atoms with van der Waals surface area (Å²) in [6.45, 7) is 0. The van der Waals surface area contributed by atoms with E-state index in [1.165, 1.54) is 7.11 Å². The van der Waals surface area contributed by atoms with Gasteiger partial charge in [0.2, 0.25) is 5.91 Å². The Labute approximate surface area is 135 Å². The van der Waals surface area contributed by atoms with Crippen molar-refractivity contribution in [2.75, 3.05) is 19.5 Å². The van der Waals surface area contributed by atoms with Crippen LogP contribution in [0.2, 0.25) is 0 Å². The lowest BCUT2D eigenvalue weighted by Gasteiger charge is -2.15. The predicted molar refractivity (Wildman–Crippen MR) is 86.6 cm³/mol. The summed E-state index contributed by atoms with van der Waals surface area (Å²) >= 11 is 0. The maximum atomic E-state index is 11.9. The fourth-order valence-electron chi connectivity index (χ4n) is 2.18. The normalized spacial score (nSPS) is 11.6. The van der Waals surface area contributed by atoms with E-state index in [1.54, 1.807) is 49.8 Å². The number of rotatable bonds is 7. The van der Waals surface area contributed by atoms with Gasteiger partial charge in [-0.25, -0.2) is 0 Å². The molecular weight excluding hydrogens is 296 g/mol. The molecule has 122 valence electrons. The maximum Gasteiger partial charge on any atom is 0.224 e. The summed E-state index contributed by atoms with van der Waals surface area (Å²) in [5.41, 5.74) is 1.26. The Morgan fingerprint density at radius 2 is 2.13 bits per heavy atom. The third kappa shape index (κ3) is 4.69. The molecule has 1 aromatic carbocycles. The van der Waals surface area contributed by atoms with Crippen LogP contribution in [-0.2, 0) is 4.79 Å². The van der Waals surface area contributed by atoms with E-state index in [0.717, 1.165) is 0 Å². The number of aromatic nitrogens is 1. The summed E-state index contributed by atoms with van der Waals surface area (Å²) in [5, 5.41) is 13.0. The molecular formula is C17H20N2O4. The van der Waals surface area contributed by atoms with Gasteiger partial charge in [0.25, 0.3) is 0 Å². The Morgan fingerprint density at radius 1 is 1.30 bits per heavy atom. The summed E-state index contributed by atoms with van der Waals surface area (Å²) in [6.07, 6.45) is 2.88. The Morgan fingerprint density at radius 3 is 2.78 bits per heavy atom. The first-order valence-corrected chi connectivity index (χ1v) is 7.24. The van der Waals surface area contributed by atoms with Gasteiger partial charge in [0, 0.05) is 24.2 Å². The quantitative estimate of drug-likeness (QED) is 0.820. The molecule has 0 saturated heterocycles. The van der Waals surface area contributed by atoms with Crippen LogP contribution in [-0.4, -0.2) is 30.2 Å². The second-order valence-electron chi connectivity index (χ2n) is 4.95. The number of carbonyl (C=O) groups excluding carboxylic acids is 1. The van der Waals surface area contributed by atoms with Gasteiger partial charge < -0.3 is 19.9 Å². The van der Waals surface area contributed by atoms with E-state index in [-0.39, 0.29) is 18.7 Å². The Balaban J connectivity index is 1.94. The van der Waals surface area contributed by atoms with E-state index in [0.29, 0.717) is 22.7 Å². The summed E-state index contributed by atoms with van der Waals surface area (Å²) < 4.78 is 10.4. The Bertz CT molecular complexity index is 646. The van der Waals surface area contributed by atoms with Crippen LogP contribution in [0.1, 0.15) is 24.5 Å². The van der Waals surface area contributed by atoms with Gasteiger partial charge in [-0.3, -0.25) is 9.78 Å². The van der Waals surface area contributed by atoms with Crippen molar-refractivity contribution < 1.29 is 19.4 Å². The Kier molecular flexibility index (Phi) is 5.94. The average molecular weight is 316 g/mol. The van der Waals surface area contributed by atoms with Crippen LogP contribution in [0.5, 0.6) is 11.5 Å². The molecule has 23 heavy (non-hydrogen) atoms. The molecule has 0 saturated carbocycles. The molecule has 2 rings (SSSR count). The minimum Gasteiger partial charge on any atom is -0.497 e. The fourth-order valence-corrected chi connectivity index (χ4v) is 2.18. The highest BCUT2D eigenvalue weighted by Gasteiger charge is 2.16. The lowest BCUT2D eigenvalue weighted by molar-refractivity contribution is -0.116. The van der Waals surface area contributed by atoms with E-state index in [4.69, 9.17) is 9.47 Å².